The second kappa shape index (κ2) is 5.22. The molecule has 0 aliphatic rings. The zero-order chi connectivity index (χ0) is 8.81. The third kappa shape index (κ3) is 3.28. The van der Waals surface area contributed by atoms with E-state index in [1.165, 1.54) is 12.0 Å². The van der Waals surface area contributed by atoms with Crippen LogP contribution in [0.25, 0.3) is 0 Å². The quantitative estimate of drug-likeness (QED) is 0.659. The van der Waals surface area contributed by atoms with Gasteiger partial charge in [0.2, 0.25) is 0 Å². The Labute approximate surface area is 78.3 Å². The molecule has 0 aliphatic heterocycles. The van der Waals surface area contributed by atoms with Gasteiger partial charge < -0.3 is 4.18 Å². The largest absolute Gasteiger partial charge is 0.307 e. The number of rotatable bonds is 4. The van der Waals surface area contributed by atoms with Gasteiger partial charge in [0.25, 0.3) is 0 Å². The van der Waals surface area contributed by atoms with Crippen molar-refractivity contribution in [3.8, 4) is 0 Å². The minimum absolute atomic E-state index is 0.329. The standard InChI is InChI=1S/C10H14OS/c1-3-9(2)11-12-10-7-5-4-6-8-10/h4-9H,3H2,1-2H3. The van der Waals surface area contributed by atoms with Crippen molar-refractivity contribution in [1.29, 1.82) is 0 Å². The molecule has 0 aromatic heterocycles. The summed E-state index contributed by atoms with van der Waals surface area (Å²) in [6.07, 6.45) is 1.38. The van der Waals surface area contributed by atoms with E-state index in [4.69, 9.17) is 4.18 Å². The summed E-state index contributed by atoms with van der Waals surface area (Å²) < 4.78 is 5.49. The van der Waals surface area contributed by atoms with Crippen LogP contribution < -0.4 is 0 Å². The molecule has 0 saturated carbocycles. The van der Waals surface area contributed by atoms with Gasteiger partial charge in [-0.1, -0.05) is 25.1 Å². The molecule has 0 bridgehead atoms. The highest BCUT2D eigenvalue weighted by Crippen LogP contribution is 2.20. The Morgan fingerprint density at radius 1 is 1.33 bits per heavy atom. The van der Waals surface area contributed by atoms with Crippen molar-refractivity contribution >= 4 is 12.0 Å². The van der Waals surface area contributed by atoms with Gasteiger partial charge in [0.1, 0.15) is 0 Å². The molecule has 0 N–H and O–H groups in total. The molecule has 0 saturated heterocycles. The van der Waals surface area contributed by atoms with Gasteiger partial charge in [-0.2, -0.15) is 0 Å². The molecule has 1 unspecified atom stereocenters. The average Bonchev–Trinajstić information content (AvgIpc) is 2.16. The fourth-order valence-electron chi connectivity index (χ4n) is 0.682. The molecule has 0 fully saturated rings. The van der Waals surface area contributed by atoms with Crippen molar-refractivity contribution in [1.82, 2.24) is 0 Å². The van der Waals surface area contributed by atoms with E-state index in [1.807, 2.05) is 30.3 Å². The first-order chi connectivity index (χ1) is 5.83. The number of hydrogen-bond donors (Lipinski definition) is 0. The zero-order valence-corrected chi connectivity index (χ0v) is 8.30. The van der Waals surface area contributed by atoms with Gasteiger partial charge in [-0.25, -0.2) is 0 Å². The van der Waals surface area contributed by atoms with Gasteiger partial charge in [-0.15, -0.1) is 0 Å². The molecule has 2 heteroatoms. The monoisotopic (exact) mass is 182 g/mol. The predicted molar refractivity (Wildman–Crippen MR) is 53.1 cm³/mol. The first kappa shape index (κ1) is 9.62. The molecule has 0 heterocycles. The predicted octanol–water partition coefficient (Wildman–Crippen LogP) is 3.51. The second-order valence-corrected chi connectivity index (χ2v) is 3.54. The summed E-state index contributed by atoms with van der Waals surface area (Å²) in [6.45, 7) is 4.20. The minimum Gasteiger partial charge on any atom is -0.307 e. The van der Waals surface area contributed by atoms with Gasteiger partial charge in [0, 0.05) is 16.9 Å². The highest BCUT2D eigenvalue weighted by atomic mass is 32.2. The number of hydrogen-bond acceptors (Lipinski definition) is 2. The van der Waals surface area contributed by atoms with Crippen molar-refractivity contribution in [3.63, 3.8) is 0 Å². The lowest BCUT2D eigenvalue weighted by Gasteiger charge is -2.07. The lowest BCUT2D eigenvalue weighted by Crippen LogP contribution is -1.99. The Hall–Kier alpha value is -0.470. The van der Waals surface area contributed by atoms with Crippen LogP contribution >= 0.6 is 12.0 Å². The van der Waals surface area contributed by atoms with E-state index >= 15 is 0 Å². The highest BCUT2D eigenvalue weighted by Gasteiger charge is 1.99. The first-order valence-corrected chi connectivity index (χ1v) is 4.95. The van der Waals surface area contributed by atoms with Crippen molar-refractivity contribution in [2.24, 2.45) is 0 Å². The summed E-state index contributed by atoms with van der Waals surface area (Å²) in [5, 5.41) is 0. The second-order valence-electron chi connectivity index (χ2n) is 2.71. The molecule has 1 nitrogen and oxygen atoms in total. The van der Waals surface area contributed by atoms with E-state index in [0.717, 1.165) is 11.3 Å². The summed E-state index contributed by atoms with van der Waals surface area (Å²) in [5.74, 6) is 0. The summed E-state index contributed by atoms with van der Waals surface area (Å²) in [6, 6.07) is 10.1. The van der Waals surface area contributed by atoms with Crippen LogP contribution in [-0.4, -0.2) is 6.10 Å². The maximum absolute atomic E-state index is 5.49. The average molecular weight is 182 g/mol. The van der Waals surface area contributed by atoms with Crippen LogP contribution in [0.2, 0.25) is 0 Å². The lowest BCUT2D eigenvalue weighted by molar-refractivity contribution is 0.259. The van der Waals surface area contributed by atoms with Crippen LogP contribution in [0.1, 0.15) is 20.3 Å². The summed E-state index contributed by atoms with van der Waals surface area (Å²) >= 11 is 1.45. The SMILES string of the molecule is CCC(C)OSc1ccccc1. The Bertz CT molecular complexity index is 210. The van der Waals surface area contributed by atoms with Crippen LogP contribution in [0.15, 0.2) is 35.2 Å². The summed E-state index contributed by atoms with van der Waals surface area (Å²) in [5.41, 5.74) is 0. The first-order valence-electron chi connectivity index (χ1n) is 4.21. The van der Waals surface area contributed by atoms with Gasteiger partial charge in [-0.3, -0.25) is 0 Å². The molecule has 12 heavy (non-hydrogen) atoms. The van der Waals surface area contributed by atoms with Gasteiger partial charge >= 0.3 is 0 Å². The van der Waals surface area contributed by atoms with Crippen molar-refractivity contribution in [2.75, 3.05) is 0 Å². The fraction of sp³-hybridized carbons (Fsp3) is 0.400. The zero-order valence-electron chi connectivity index (χ0n) is 7.49. The summed E-state index contributed by atoms with van der Waals surface area (Å²) in [4.78, 5) is 1.16. The minimum atomic E-state index is 0.329. The summed E-state index contributed by atoms with van der Waals surface area (Å²) in [7, 11) is 0. The maximum atomic E-state index is 5.49. The molecule has 1 aromatic carbocycles. The molecule has 0 aliphatic carbocycles. The van der Waals surface area contributed by atoms with Gasteiger partial charge in [0.05, 0.1) is 6.10 Å². The Balaban J connectivity index is 2.33. The molecule has 1 rings (SSSR count). The van der Waals surface area contributed by atoms with E-state index in [2.05, 4.69) is 13.8 Å². The van der Waals surface area contributed by atoms with Crippen molar-refractivity contribution in [2.45, 2.75) is 31.3 Å². The van der Waals surface area contributed by atoms with E-state index in [0.29, 0.717) is 6.10 Å². The number of benzene rings is 1. The third-order valence-electron chi connectivity index (χ3n) is 1.63. The van der Waals surface area contributed by atoms with E-state index < -0.39 is 0 Å². The molecular formula is C10H14OS. The van der Waals surface area contributed by atoms with Gasteiger partial charge in [-0.05, 0) is 25.5 Å². The van der Waals surface area contributed by atoms with Crippen LogP contribution in [0.5, 0.6) is 0 Å². The van der Waals surface area contributed by atoms with E-state index in [9.17, 15) is 0 Å². The maximum Gasteiger partial charge on any atom is 0.0696 e. The molecule has 0 spiro atoms. The van der Waals surface area contributed by atoms with Crippen molar-refractivity contribution < 1.29 is 4.18 Å². The van der Waals surface area contributed by atoms with E-state index in [-0.39, 0.29) is 0 Å². The van der Waals surface area contributed by atoms with Crippen LogP contribution in [-0.2, 0) is 4.18 Å². The Morgan fingerprint density at radius 2 is 2.00 bits per heavy atom. The van der Waals surface area contributed by atoms with Crippen LogP contribution in [0, 0.1) is 0 Å². The highest BCUT2D eigenvalue weighted by molar-refractivity contribution is 7.94. The molecule has 1 aromatic rings. The molecular weight excluding hydrogens is 168 g/mol. The van der Waals surface area contributed by atoms with E-state index in [1.54, 1.807) is 0 Å². The lowest BCUT2D eigenvalue weighted by atomic mass is 10.3. The van der Waals surface area contributed by atoms with Crippen LogP contribution in [0.4, 0.5) is 0 Å². The third-order valence-corrected chi connectivity index (χ3v) is 2.52. The Kier molecular flexibility index (Phi) is 4.19. The smallest absolute Gasteiger partial charge is 0.0696 e. The normalized spacial score (nSPS) is 12.8. The topological polar surface area (TPSA) is 9.23 Å². The van der Waals surface area contributed by atoms with Gasteiger partial charge in [0.15, 0.2) is 0 Å². The van der Waals surface area contributed by atoms with Crippen LogP contribution in [0.3, 0.4) is 0 Å². The molecule has 1 atom stereocenters. The fourth-order valence-corrected chi connectivity index (χ4v) is 1.36. The molecule has 0 amide bonds. The molecule has 0 radical (unpaired) electrons. The Morgan fingerprint density at radius 3 is 2.58 bits per heavy atom. The molecule has 66 valence electrons. The van der Waals surface area contributed by atoms with Crippen molar-refractivity contribution in [3.05, 3.63) is 30.3 Å².